The average molecular weight is 189 g/mol. The summed E-state index contributed by atoms with van der Waals surface area (Å²) in [4.78, 5) is 23.6. The highest BCUT2D eigenvalue weighted by Crippen LogP contribution is 2.18. The minimum absolute atomic E-state index is 0.0602. The van der Waals surface area contributed by atoms with E-state index in [0.717, 1.165) is 0 Å². The highest BCUT2D eigenvalue weighted by Gasteiger charge is 2.36. The second-order valence-electron chi connectivity index (χ2n) is 2.71. The SMILES string of the molecule is CNC(=O)N1C(=O)N(P)CC1C. The van der Waals surface area contributed by atoms with Gasteiger partial charge in [-0.1, -0.05) is 0 Å². The number of nitrogens with zero attached hydrogens (tertiary/aromatic N) is 2. The molecule has 2 unspecified atom stereocenters. The lowest BCUT2D eigenvalue weighted by molar-refractivity contribution is 0.188. The third-order valence-corrected chi connectivity index (χ3v) is 2.22. The maximum Gasteiger partial charge on any atom is 0.331 e. The van der Waals surface area contributed by atoms with Crippen molar-refractivity contribution < 1.29 is 9.59 Å². The van der Waals surface area contributed by atoms with E-state index in [1.807, 2.05) is 6.92 Å². The van der Waals surface area contributed by atoms with Gasteiger partial charge in [-0.3, -0.25) is 0 Å². The highest BCUT2D eigenvalue weighted by atomic mass is 31.0. The lowest BCUT2D eigenvalue weighted by atomic mass is 10.3. The zero-order chi connectivity index (χ0) is 9.30. The lowest BCUT2D eigenvalue weighted by Gasteiger charge is -2.16. The van der Waals surface area contributed by atoms with Gasteiger partial charge in [0.15, 0.2) is 0 Å². The first-order chi connectivity index (χ1) is 5.57. The van der Waals surface area contributed by atoms with Gasteiger partial charge in [-0.2, -0.15) is 0 Å². The minimum Gasteiger partial charge on any atom is -0.341 e. The summed E-state index contributed by atoms with van der Waals surface area (Å²) in [5.74, 6) is 0. The molecule has 4 amide bonds. The van der Waals surface area contributed by atoms with Crippen LogP contribution in [0.4, 0.5) is 9.59 Å². The number of hydrogen-bond acceptors (Lipinski definition) is 2. The Hall–Kier alpha value is -0.830. The summed E-state index contributed by atoms with van der Waals surface area (Å²) in [5.41, 5.74) is 0. The molecule has 0 radical (unpaired) electrons. The molecule has 1 aliphatic heterocycles. The van der Waals surface area contributed by atoms with Crippen molar-refractivity contribution in [2.24, 2.45) is 0 Å². The van der Waals surface area contributed by atoms with E-state index in [4.69, 9.17) is 0 Å². The monoisotopic (exact) mass is 189 g/mol. The Balaban J connectivity index is 2.76. The molecule has 1 heterocycles. The van der Waals surface area contributed by atoms with Crippen LogP contribution in [0.2, 0.25) is 0 Å². The van der Waals surface area contributed by atoms with Gasteiger partial charge in [0.05, 0.1) is 6.04 Å². The topological polar surface area (TPSA) is 52.7 Å². The van der Waals surface area contributed by atoms with E-state index in [1.165, 1.54) is 16.6 Å². The van der Waals surface area contributed by atoms with Crippen LogP contribution < -0.4 is 5.32 Å². The van der Waals surface area contributed by atoms with Crippen LogP contribution in [-0.2, 0) is 0 Å². The molecule has 2 atom stereocenters. The number of amides is 4. The predicted octanol–water partition coefficient (Wildman–Crippen LogP) is 0.242. The van der Waals surface area contributed by atoms with Crippen LogP contribution in [0.5, 0.6) is 0 Å². The molecule has 1 saturated heterocycles. The molecule has 5 nitrogen and oxygen atoms in total. The third kappa shape index (κ3) is 1.37. The Kier molecular flexibility index (Phi) is 2.52. The second-order valence-corrected chi connectivity index (χ2v) is 3.33. The van der Waals surface area contributed by atoms with E-state index < -0.39 is 0 Å². The minimum atomic E-state index is -0.350. The van der Waals surface area contributed by atoms with Gasteiger partial charge in [0.1, 0.15) is 0 Å². The van der Waals surface area contributed by atoms with Gasteiger partial charge in [-0.05, 0) is 16.3 Å². The normalized spacial score (nSPS) is 23.2. The summed E-state index contributed by atoms with van der Waals surface area (Å²) < 4.78 is 1.44. The Labute approximate surface area is 73.3 Å². The van der Waals surface area contributed by atoms with E-state index in [1.54, 1.807) is 0 Å². The summed E-state index contributed by atoms with van der Waals surface area (Å²) in [6.45, 7) is 2.40. The van der Waals surface area contributed by atoms with Crippen molar-refractivity contribution in [2.75, 3.05) is 13.6 Å². The fourth-order valence-corrected chi connectivity index (χ4v) is 1.61. The molecule has 0 saturated carbocycles. The van der Waals surface area contributed by atoms with Crippen molar-refractivity contribution in [3.8, 4) is 0 Å². The molecule has 0 aromatic rings. The molecular formula is C6H12N3O2P. The molecule has 68 valence electrons. The maximum absolute atomic E-state index is 11.3. The van der Waals surface area contributed by atoms with Gasteiger partial charge in [0.25, 0.3) is 0 Å². The van der Waals surface area contributed by atoms with Crippen molar-refractivity contribution >= 4 is 21.5 Å². The summed E-state index contributed by atoms with van der Waals surface area (Å²) in [6.07, 6.45) is 0. The Morgan fingerprint density at radius 2 is 2.33 bits per heavy atom. The number of carbonyl (C=O) groups is 2. The van der Waals surface area contributed by atoms with Gasteiger partial charge in [0.2, 0.25) is 0 Å². The number of hydrogen-bond donors (Lipinski definition) is 1. The molecule has 0 aromatic carbocycles. The van der Waals surface area contributed by atoms with Crippen LogP contribution in [0.15, 0.2) is 0 Å². The zero-order valence-corrected chi connectivity index (χ0v) is 8.23. The fourth-order valence-electron chi connectivity index (χ4n) is 1.18. The molecule has 6 heteroatoms. The van der Waals surface area contributed by atoms with Crippen molar-refractivity contribution in [3.63, 3.8) is 0 Å². The van der Waals surface area contributed by atoms with Crippen molar-refractivity contribution in [1.29, 1.82) is 0 Å². The van der Waals surface area contributed by atoms with Crippen LogP contribution >= 0.6 is 9.39 Å². The van der Waals surface area contributed by atoms with Crippen molar-refractivity contribution in [2.45, 2.75) is 13.0 Å². The largest absolute Gasteiger partial charge is 0.341 e. The van der Waals surface area contributed by atoms with Gasteiger partial charge < -0.3 is 9.99 Å². The molecular weight excluding hydrogens is 177 g/mol. The summed E-state index contributed by atoms with van der Waals surface area (Å²) >= 11 is 0. The van der Waals surface area contributed by atoms with Crippen molar-refractivity contribution in [3.05, 3.63) is 0 Å². The summed E-state index contributed by atoms with van der Waals surface area (Å²) in [6, 6.07) is -0.681. The van der Waals surface area contributed by atoms with Gasteiger partial charge in [-0.25, -0.2) is 14.5 Å². The first-order valence-corrected chi connectivity index (χ1v) is 4.16. The van der Waals surface area contributed by atoms with E-state index in [2.05, 4.69) is 14.7 Å². The molecule has 1 N–H and O–H groups in total. The van der Waals surface area contributed by atoms with E-state index in [9.17, 15) is 9.59 Å². The van der Waals surface area contributed by atoms with E-state index >= 15 is 0 Å². The van der Waals surface area contributed by atoms with Crippen LogP contribution in [-0.4, -0.2) is 41.3 Å². The number of rotatable bonds is 0. The van der Waals surface area contributed by atoms with Crippen LogP contribution in [0, 0.1) is 0 Å². The molecule has 0 spiro atoms. The Bertz CT molecular complexity index is 221. The third-order valence-electron chi connectivity index (χ3n) is 1.79. The lowest BCUT2D eigenvalue weighted by Crippen LogP contribution is -2.43. The molecule has 1 aliphatic rings. The molecule has 1 fully saturated rings. The predicted molar refractivity (Wildman–Crippen MR) is 47.6 cm³/mol. The first kappa shape index (κ1) is 9.26. The van der Waals surface area contributed by atoms with Crippen LogP contribution in [0.1, 0.15) is 6.92 Å². The van der Waals surface area contributed by atoms with E-state index in [0.29, 0.717) is 6.54 Å². The van der Waals surface area contributed by atoms with E-state index in [-0.39, 0.29) is 18.1 Å². The molecule has 0 aliphatic carbocycles. The molecule has 12 heavy (non-hydrogen) atoms. The molecule has 0 aromatic heterocycles. The van der Waals surface area contributed by atoms with Gasteiger partial charge >= 0.3 is 12.1 Å². The number of imide groups is 1. The Morgan fingerprint density at radius 3 is 2.67 bits per heavy atom. The van der Waals surface area contributed by atoms with Gasteiger partial charge in [0, 0.05) is 13.6 Å². The van der Waals surface area contributed by atoms with Crippen LogP contribution in [0.3, 0.4) is 0 Å². The second kappa shape index (κ2) is 3.27. The number of nitrogens with one attached hydrogen (secondary N) is 1. The summed E-state index contributed by atoms with van der Waals surface area (Å²) in [5, 5.41) is 2.42. The van der Waals surface area contributed by atoms with Gasteiger partial charge in [-0.15, -0.1) is 0 Å². The quantitative estimate of drug-likeness (QED) is 0.555. The molecule has 1 rings (SSSR count). The smallest absolute Gasteiger partial charge is 0.331 e. The number of urea groups is 2. The Morgan fingerprint density at radius 1 is 1.75 bits per heavy atom. The number of carbonyl (C=O) groups excluding carboxylic acids is 2. The fraction of sp³-hybridized carbons (Fsp3) is 0.667. The van der Waals surface area contributed by atoms with Crippen LogP contribution in [0.25, 0.3) is 0 Å². The van der Waals surface area contributed by atoms with Crippen molar-refractivity contribution in [1.82, 2.24) is 14.9 Å². The standard InChI is InChI=1S/C6H12N3O2P/c1-4-3-8(12)6(11)9(4)5(10)7-2/h4H,3,12H2,1-2H3,(H,7,10). The highest BCUT2D eigenvalue weighted by molar-refractivity contribution is 7.14. The zero-order valence-electron chi connectivity index (χ0n) is 7.07. The summed E-state index contributed by atoms with van der Waals surface area (Å²) in [7, 11) is 3.80. The molecule has 0 bridgehead atoms. The average Bonchev–Trinajstić information content (AvgIpc) is 2.26. The first-order valence-electron chi connectivity index (χ1n) is 3.65. The maximum atomic E-state index is 11.3.